The standard InChI is InChI=1S/C14H22N4OS/c1-10-12-13(18(3)16-10)15-14(20-12)17(2)8-4-6-11-7-5-9-19-11/h11H,4-9H2,1-3H3. The van der Waals surface area contributed by atoms with Gasteiger partial charge >= 0.3 is 0 Å². The van der Waals surface area contributed by atoms with Crippen LogP contribution >= 0.6 is 11.3 Å². The predicted octanol–water partition coefficient (Wildman–Crippen LogP) is 2.73. The minimum Gasteiger partial charge on any atom is -0.378 e. The monoisotopic (exact) mass is 294 g/mol. The van der Waals surface area contributed by atoms with Crippen LogP contribution in [0.5, 0.6) is 0 Å². The van der Waals surface area contributed by atoms with Crippen molar-refractivity contribution in [1.82, 2.24) is 14.8 Å². The SMILES string of the molecule is Cc1nn(C)c2nc(N(C)CCCC3CCCO3)sc12. The van der Waals surface area contributed by atoms with Gasteiger partial charge in [-0.2, -0.15) is 5.10 Å². The maximum Gasteiger partial charge on any atom is 0.187 e. The van der Waals surface area contributed by atoms with Crippen LogP contribution < -0.4 is 4.90 Å². The molecule has 0 bridgehead atoms. The third-order valence-corrected chi connectivity index (χ3v) is 5.17. The van der Waals surface area contributed by atoms with Crippen LogP contribution in [0.3, 0.4) is 0 Å². The van der Waals surface area contributed by atoms with E-state index in [0.717, 1.165) is 42.5 Å². The van der Waals surface area contributed by atoms with Gasteiger partial charge in [-0.25, -0.2) is 9.67 Å². The first kappa shape index (κ1) is 13.8. The third-order valence-electron chi connectivity index (χ3n) is 3.90. The van der Waals surface area contributed by atoms with Gasteiger partial charge in [0.05, 0.1) is 16.5 Å². The van der Waals surface area contributed by atoms with Crippen molar-refractivity contribution < 1.29 is 4.74 Å². The van der Waals surface area contributed by atoms with E-state index in [9.17, 15) is 0 Å². The molecule has 3 heterocycles. The molecular weight excluding hydrogens is 272 g/mol. The molecule has 3 rings (SSSR count). The number of aryl methyl sites for hydroxylation is 2. The largest absolute Gasteiger partial charge is 0.378 e. The normalized spacial score (nSPS) is 19.1. The summed E-state index contributed by atoms with van der Waals surface area (Å²) in [7, 11) is 4.08. The smallest absolute Gasteiger partial charge is 0.187 e. The molecule has 1 aliphatic heterocycles. The minimum absolute atomic E-state index is 0.491. The van der Waals surface area contributed by atoms with E-state index in [-0.39, 0.29) is 0 Å². The van der Waals surface area contributed by atoms with Crippen LogP contribution in [-0.4, -0.2) is 41.1 Å². The van der Waals surface area contributed by atoms with Crippen LogP contribution in [0.1, 0.15) is 31.4 Å². The van der Waals surface area contributed by atoms with Crippen LogP contribution in [0.2, 0.25) is 0 Å². The van der Waals surface area contributed by atoms with Crippen LogP contribution in [0.4, 0.5) is 5.13 Å². The van der Waals surface area contributed by atoms with Crippen molar-refractivity contribution in [1.29, 1.82) is 0 Å². The number of ether oxygens (including phenoxy) is 1. The lowest BCUT2D eigenvalue weighted by molar-refractivity contribution is 0.103. The van der Waals surface area contributed by atoms with Gasteiger partial charge in [-0.15, -0.1) is 0 Å². The molecule has 1 unspecified atom stereocenters. The van der Waals surface area contributed by atoms with Gasteiger partial charge in [0.25, 0.3) is 0 Å². The number of anilines is 1. The van der Waals surface area contributed by atoms with Crippen molar-refractivity contribution in [3.05, 3.63) is 5.69 Å². The molecule has 110 valence electrons. The highest BCUT2D eigenvalue weighted by molar-refractivity contribution is 7.22. The molecule has 6 heteroatoms. The quantitative estimate of drug-likeness (QED) is 0.850. The molecule has 0 N–H and O–H groups in total. The molecule has 2 aromatic rings. The van der Waals surface area contributed by atoms with E-state index < -0.39 is 0 Å². The Bertz CT molecular complexity index is 551. The van der Waals surface area contributed by atoms with E-state index >= 15 is 0 Å². The van der Waals surface area contributed by atoms with Gasteiger partial charge in [-0.05, 0) is 32.6 Å². The molecule has 2 aromatic heterocycles. The number of nitrogens with zero attached hydrogens (tertiary/aromatic N) is 4. The maximum absolute atomic E-state index is 5.66. The van der Waals surface area contributed by atoms with Gasteiger partial charge in [0.15, 0.2) is 10.8 Å². The average Bonchev–Trinajstić information content (AvgIpc) is 3.11. The average molecular weight is 294 g/mol. The summed E-state index contributed by atoms with van der Waals surface area (Å²) < 4.78 is 8.73. The fourth-order valence-electron chi connectivity index (χ4n) is 2.76. The Morgan fingerprint density at radius 2 is 2.35 bits per heavy atom. The number of thiazole rings is 1. The summed E-state index contributed by atoms with van der Waals surface area (Å²) in [6, 6.07) is 0. The lowest BCUT2D eigenvalue weighted by Crippen LogP contribution is -2.19. The van der Waals surface area contributed by atoms with Gasteiger partial charge in [-0.3, -0.25) is 0 Å². The first-order valence-electron chi connectivity index (χ1n) is 7.28. The summed E-state index contributed by atoms with van der Waals surface area (Å²) in [4.78, 5) is 6.95. The van der Waals surface area contributed by atoms with Crippen molar-refractivity contribution in [2.45, 2.75) is 38.7 Å². The lowest BCUT2D eigenvalue weighted by Gasteiger charge is -2.16. The number of aromatic nitrogens is 3. The lowest BCUT2D eigenvalue weighted by atomic mass is 10.1. The highest BCUT2D eigenvalue weighted by Crippen LogP contribution is 2.30. The zero-order valence-corrected chi connectivity index (χ0v) is 13.2. The number of hydrogen-bond acceptors (Lipinski definition) is 5. The first-order valence-corrected chi connectivity index (χ1v) is 8.09. The molecule has 0 aromatic carbocycles. The van der Waals surface area contributed by atoms with E-state index in [4.69, 9.17) is 9.72 Å². The number of hydrogen-bond donors (Lipinski definition) is 0. The molecule has 1 atom stereocenters. The van der Waals surface area contributed by atoms with E-state index in [1.54, 1.807) is 11.3 Å². The molecule has 0 amide bonds. The highest BCUT2D eigenvalue weighted by atomic mass is 32.1. The summed E-state index contributed by atoms with van der Waals surface area (Å²) in [5, 5.41) is 5.48. The summed E-state index contributed by atoms with van der Waals surface area (Å²) >= 11 is 1.74. The first-order chi connectivity index (χ1) is 9.65. The zero-order valence-electron chi connectivity index (χ0n) is 12.4. The number of fused-ring (bicyclic) bond motifs is 1. The maximum atomic E-state index is 5.66. The van der Waals surface area contributed by atoms with Crippen molar-refractivity contribution in [2.24, 2.45) is 7.05 Å². The second-order valence-corrected chi connectivity index (χ2v) is 6.53. The fourth-order valence-corrected chi connectivity index (χ4v) is 3.78. The van der Waals surface area contributed by atoms with Gasteiger partial charge < -0.3 is 9.64 Å². The predicted molar refractivity (Wildman–Crippen MR) is 82.6 cm³/mol. The summed E-state index contributed by atoms with van der Waals surface area (Å²) in [6.45, 7) is 4.03. The zero-order chi connectivity index (χ0) is 14.1. The van der Waals surface area contributed by atoms with Crippen LogP contribution in [0, 0.1) is 6.92 Å². The van der Waals surface area contributed by atoms with E-state index in [0.29, 0.717) is 6.10 Å². The molecule has 1 saturated heterocycles. The second kappa shape index (κ2) is 5.69. The van der Waals surface area contributed by atoms with Crippen molar-refractivity contribution in [3.63, 3.8) is 0 Å². The topological polar surface area (TPSA) is 43.2 Å². The van der Waals surface area contributed by atoms with E-state index in [1.165, 1.54) is 17.5 Å². The fraction of sp³-hybridized carbons (Fsp3) is 0.714. The van der Waals surface area contributed by atoms with Crippen molar-refractivity contribution in [3.8, 4) is 0 Å². The second-order valence-electron chi connectivity index (χ2n) is 5.56. The molecule has 0 saturated carbocycles. The van der Waals surface area contributed by atoms with Crippen LogP contribution in [-0.2, 0) is 11.8 Å². The Morgan fingerprint density at radius 3 is 3.05 bits per heavy atom. The Labute approximate surface area is 123 Å². The third kappa shape index (κ3) is 2.67. The van der Waals surface area contributed by atoms with Gasteiger partial charge in [-0.1, -0.05) is 11.3 Å². The summed E-state index contributed by atoms with van der Waals surface area (Å²) in [5.41, 5.74) is 2.06. The Balaban J connectivity index is 1.60. The molecule has 20 heavy (non-hydrogen) atoms. The summed E-state index contributed by atoms with van der Waals surface area (Å²) in [5.74, 6) is 0. The molecule has 1 fully saturated rings. The highest BCUT2D eigenvalue weighted by Gasteiger charge is 2.17. The van der Waals surface area contributed by atoms with E-state index in [1.807, 2.05) is 18.7 Å². The molecule has 0 aliphatic carbocycles. The van der Waals surface area contributed by atoms with Crippen LogP contribution in [0.25, 0.3) is 10.3 Å². The number of rotatable bonds is 5. The van der Waals surface area contributed by atoms with Gasteiger partial charge in [0.1, 0.15) is 0 Å². The van der Waals surface area contributed by atoms with Crippen molar-refractivity contribution in [2.75, 3.05) is 25.1 Å². The van der Waals surface area contributed by atoms with E-state index in [2.05, 4.69) is 17.0 Å². The molecular formula is C14H22N4OS. The minimum atomic E-state index is 0.491. The molecule has 0 spiro atoms. The van der Waals surface area contributed by atoms with Gasteiger partial charge in [0, 0.05) is 27.2 Å². The molecule has 1 aliphatic rings. The Hall–Kier alpha value is -1.14. The van der Waals surface area contributed by atoms with Gasteiger partial charge in [0.2, 0.25) is 0 Å². The Morgan fingerprint density at radius 1 is 1.50 bits per heavy atom. The molecule has 5 nitrogen and oxygen atoms in total. The Kier molecular flexibility index (Phi) is 3.94. The summed E-state index contributed by atoms with van der Waals surface area (Å²) in [6.07, 6.45) is 5.27. The molecule has 0 radical (unpaired) electrons. The van der Waals surface area contributed by atoms with Crippen molar-refractivity contribution >= 4 is 26.8 Å². The van der Waals surface area contributed by atoms with Crippen LogP contribution in [0.15, 0.2) is 0 Å².